The minimum absolute atomic E-state index is 0.107. The standard InChI is InChI=1S/C7H9NO4/c9-4-3-7(12)8-5(10)1-2-6(8)11/h9H,1-4H2. The molecule has 3 amide bonds. The number of carbonyl (C=O) groups is 3. The minimum atomic E-state index is -0.606. The highest BCUT2D eigenvalue weighted by Gasteiger charge is 2.33. The third-order valence-corrected chi connectivity index (χ3v) is 1.63. The van der Waals surface area contributed by atoms with Gasteiger partial charge in [0.2, 0.25) is 17.7 Å². The van der Waals surface area contributed by atoms with E-state index in [2.05, 4.69) is 0 Å². The van der Waals surface area contributed by atoms with E-state index < -0.39 is 17.7 Å². The topological polar surface area (TPSA) is 74.7 Å². The maximum Gasteiger partial charge on any atom is 0.238 e. The van der Waals surface area contributed by atoms with Crippen molar-refractivity contribution in [3.05, 3.63) is 0 Å². The van der Waals surface area contributed by atoms with Crippen LogP contribution in [0, 0.1) is 0 Å². The lowest BCUT2D eigenvalue weighted by molar-refractivity contribution is -0.149. The van der Waals surface area contributed by atoms with Crippen molar-refractivity contribution in [2.45, 2.75) is 19.3 Å². The van der Waals surface area contributed by atoms with Crippen molar-refractivity contribution in [1.82, 2.24) is 4.90 Å². The zero-order chi connectivity index (χ0) is 9.14. The van der Waals surface area contributed by atoms with Gasteiger partial charge in [-0.05, 0) is 0 Å². The van der Waals surface area contributed by atoms with Crippen LogP contribution in [-0.2, 0) is 14.4 Å². The summed E-state index contributed by atoms with van der Waals surface area (Å²) < 4.78 is 0. The van der Waals surface area contributed by atoms with Gasteiger partial charge in [0.1, 0.15) is 0 Å². The summed E-state index contributed by atoms with van der Waals surface area (Å²) in [7, 11) is 0. The van der Waals surface area contributed by atoms with Crippen molar-refractivity contribution in [2.75, 3.05) is 6.61 Å². The van der Waals surface area contributed by atoms with Crippen molar-refractivity contribution >= 4 is 17.7 Å². The molecule has 5 nitrogen and oxygen atoms in total. The smallest absolute Gasteiger partial charge is 0.238 e. The normalized spacial score (nSPS) is 17.2. The minimum Gasteiger partial charge on any atom is -0.396 e. The quantitative estimate of drug-likeness (QED) is 0.543. The van der Waals surface area contributed by atoms with Gasteiger partial charge in [-0.1, -0.05) is 0 Å². The van der Waals surface area contributed by atoms with Crippen LogP contribution in [0.1, 0.15) is 19.3 Å². The third-order valence-electron chi connectivity index (χ3n) is 1.63. The molecule has 1 saturated heterocycles. The van der Waals surface area contributed by atoms with Crippen molar-refractivity contribution in [3.63, 3.8) is 0 Å². The molecule has 0 saturated carbocycles. The monoisotopic (exact) mass is 171 g/mol. The summed E-state index contributed by atoms with van der Waals surface area (Å²) in [5, 5.41) is 8.40. The molecule has 0 bridgehead atoms. The Morgan fingerprint density at radius 3 is 2.25 bits per heavy atom. The van der Waals surface area contributed by atoms with E-state index in [0.29, 0.717) is 4.90 Å². The molecule has 0 aliphatic carbocycles. The van der Waals surface area contributed by atoms with Gasteiger partial charge in [0.25, 0.3) is 0 Å². The molecule has 0 radical (unpaired) electrons. The van der Waals surface area contributed by atoms with Gasteiger partial charge < -0.3 is 5.11 Å². The summed E-state index contributed by atoms with van der Waals surface area (Å²) in [4.78, 5) is 33.4. The number of aliphatic hydroxyl groups excluding tert-OH is 1. The number of imide groups is 3. The predicted octanol–water partition coefficient (Wildman–Crippen LogP) is -0.956. The van der Waals surface area contributed by atoms with E-state index in [4.69, 9.17) is 5.11 Å². The molecule has 1 fully saturated rings. The molecule has 1 aliphatic heterocycles. The number of nitrogens with zero attached hydrogens (tertiary/aromatic N) is 1. The van der Waals surface area contributed by atoms with Crippen LogP contribution >= 0.6 is 0 Å². The fraction of sp³-hybridized carbons (Fsp3) is 0.571. The molecule has 12 heavy (non-hydrogen) atoms. The Bertz CT molecular complexity index is 220. The molecule has 0 aromatic carbocycles. The summed E-state index contributed by atoms with van der Waals surface area (Å²) in [6.45, 7) is -0.337. The number of rotatable bonds is 2. The lowest BCUT2D eigenvalue weighted by Crippen LogP contribution is -2.35. The van der Waals surface area contributed by atoms with Crippen molar-refractivity contribution in [1.29, 1.82) is 0 Å². The molecular formula is C7H9NO4. The molecule has 0 atom stereocenters. The highest BCUT2D eigenvalue weighted by Crippen LogP contribution is 2.12. The SMILES string of the molecule is O=C(CCO)N1C(=O)CCC1=O. The highest BCUT2D eigenvalue weighted by molar-refractivity contribution is 6.14. The Morgan fingerprint density at radius 2 is 1.83 bits per heavy atom. The lowest BCUT2D eigenvalue weighted by atomic mass is 10.4. The van der Waals surface area contributed by atoms with Crippen LogP contribution in [-0.4, -0.2) is 34.3 Å². The van der Waals surface area contributed by atoms with Crippen LogP contribution in [0.15, 0.2) is 0 Å². The molecule has 5 heteroatoms. The van der Waals surface area contributed by atoms with Crippen molar-refractivity contribution in [3.8, 4) is 0 Å². The van der Waals surface area contributed by atoms with Gasteiger partial charge in [0, 0.05) is 12.8 Å². The summed E-state index contributed by atoms with van der Waals surface area (Å²) in [6, 6.07) is 0. The fourth-order valence-electron chi connectivity index (χ4n) is 1.06. The van der Waals surface area contributed by atoms with Gasteiger partial charge in [0.05, 0.1) is 13.0 Å². The van der Waals surface area contributed by atoms with Crippen LogP contribution < -0.4 is 0 Å². The maximum atomic E-state index is 11.0. The molecule has 0 unspecified atom stereocenters. The Balaban J connectivity index is 2.66. The predicted molar refractivity (Wildman–Crippen MR) is 37.8 cm³/mol. The average molecular weight is 171 g/mol. The summed E-state index contributed by atoms with van der Waals surface area (Å²) in [5.74, 6) is -1.53. The highest BCUT2D eigenvalue weighted by atomic mass is 16.3. The van der Waals surface area contributed by atoms with Crippen molar-refractivity contribution in [2.24, 2.45) is 0 Å². The molecule has 0 spiro atoms. The zero-order valence-corrected chi connectivity index (χ0v) is 6.45. The molecule has 0 aromatic rings. The molecule has 1 N–H and O–H groups in total. The lowest BCUT2D eigenvalue weighted by Gasteiger charge is -2.09. The van der Waals surface area contributed by atoms with Gasteiger partial charge in [0.15, 0.2) is 0 Å². The number of carbonyl (C=O) groups excluding carboxylic acids is 3. The molecular weight excluding hydrogens is 162 g/mol. The summed E-state index contributed by atoms with van der Waals surface area (Å²) >= 11 is 0. The van der Waals surface area contributed by atoms with Crippen LogP contribution in [0.3, 0.4) is 0 Å². The number of hydrogen-bond acceptors (Lipinski definition) is 4. The molecule has 0 aromatic heterocycles. The van der Waals surface area contributed by atoms with Crippen LogP contribution in [0.4, 0.5) is 0 Å². The van der Waals surface area contributed by atoms with Gasteiger partial charge in [-0.3, -0.25) is 14.4 Å². The second-order valence-corrected chi connectivity index (χ2v) is 2.49. The van der Waals surface area contributed by atoms with E-state index >= 15 is 0 Å². The first-order valence-electron chi connectivity index (χ1n) is 3.66. The average Bonchev–Trinajstić information content (AvgIpc) is 2.32. The number of amides is 3. The first kappa shape index (κ1) is 8.86. The molecule has 1 aliphatic rings. The van der Waals surface area contributed by atoms with Crippen LogP contribution in [0.25, 0.3) is 0 Å². The Morgan fingerprint density at radius 1 is 1.33 bits per heavy atom. The van der Waals surface area contributed by atoms with Gasteiger partial charge in [-0.25, -0.2) is 4.90 Å². The van der Waals surface area contributed by atoms with Gasteiger partial charge in [-0.2, -0.15) is 0 Å². The number of hydrogen-bond donors (Lipinski definition) is 1. The first-order valence-corrected chi connectivity index (χ1v) is 3.66. The Labute approximate surface area is 69.0 Å². The second-order valence-electron chi connectivity index (χ2n) is 2.49. The molecule has 66 valence electrons. The Hall–Kier alpha value is -1.23. The van der Waals surface area contributed by atoms with E-state index in [0.717, 1.165) is 0 Å². The van der Waals surface area contributed by atoms with E-state index in [1.54, 1.807) is 0 Å². The first-order chi connectivity index (χ1) is 5.66. The zero-order valence-electron chi connectivity index (χ0n) is 6.45. The molecule has 1 heterocycles. The van der Waals surface area contributed by atoms with Gasteiger partial charge >= 0.3 is 0 Å². The van der Waals surface area contributed by atoms with Crippen molar-refractivity contribution < 1.29 is 19.5 Å². The van der Waals surface area contributed by atoms with E-state index in [-0.39, 0.29) is 25.9 Å². The summed E-state index contributed by atoms with van der Waals surface area (Å²) in [6.07, 6.45) is 0.0451. The number of likely N-dealkylation sites (tertiary alicyclic amines) is 1. The third kappa shape index (κ3) is 1.50. The van der Waals surface area contributed by atoms with Crippen LogP contribution in [0.2, 0.25) is 0 Å². The summed E-state index contributed by atoms with van der Waals surface area (Å²) in [5.41, 5.74) is 0. The van der Waals surface area contributed by atoms with E-state index in [1.807, 2.05) is 0 Å². The molecule has 1 rings (SSSR count). The largest absolute Gasteiger partial charge is 0.396 e. The fourth-order valence-corrected chi connectivity index (χ4v) is 1.06. The number of aliphatic hydroxyl groups is 1. The maximum absolute atomic E-state index is 11.0. The van der Waals surface area contributed by atoms with E-state index in [1.165, 1.54) is 0 Å². The second kappa shape index (κ2) is 3.44. The van der Waals surface area contributed by atoms with Gasteiger partial charge in [-0.15, -0.1) is 0 Å². The Kier molecular flexibility index (Phi) is 2.54. The van der Waals surface area contributed by atoms with Crippen LogP contribution in [0.5, 0.6) is 0 Å². The van der Waals surface area contributed by atoms with E-state index in [9.17, 15) is 14.4 Å².